The molecule has 0 saturated carbocycles. The highest BCUT2D eigenvalue weighted by Crippen LogP contribution is 2.22. The van der Waals surface area contributed by atoms with Gasteiger partial charge in [-0.25, -0.2) is 0 Å². The second-order valence-electron chi connectivity index (χ2n) is 3.54. The van der Waals surface area contributed by atoms with Crippen molar-refractivity contribution in [2.45, 2.75) is 33.1 Å². The van der Waals surface area contributed by atoms with Crippen LogP contribution in [0.3, 0.4) is 0 Å². The van der Waals surface area contributed by atoms with Crippen LogP contribution in [0.1, 0.15) is 47.7 Å². The molecule has 0 N–H and O–H groups in total. The fourth-order valence-electron chi connectivity index (χ4n) is 1.55. The number of aldehydes is 1. The fraction of sp³-hybridized carbons (Fsp3) is 0.417. The Kier molecular flexibility index (Phi) is 3.24. The third-order valence-corrected chi connectivity index (χ3v) is 2.57. The van der Waals surface area contributed by atoms with Gasteiger partial charge in [-0.05, 0) is 36.5 Å². The lowest BCUT2D eigenvalue weighted by Gasteiger charge is -2.12. The Bertz CT molecular complexity index is 302. The molecule has 1 atom stereocenters. The van der Waals surface area contributed by atoms with Crippen molar-refractivity contribution in [1.82, 2.24) is 0 Å². The van der Waals surface area contributed by atoms with Gasteiger partial charge in [0.25, 0.3) is 0 Å². The maximum atomic E-state index is 10.5. The van der Waals surface area contributed by atoms with Gasteiger partial charge in [0.05, 0.1) is 0 Å². The van der Waals surface area contributed by atoms with E-state index in [1.54, 1.807) is 0 Å². The number of benzene rings is 1. The van der Waals surface area contributed by atoms with Crippen LogP contribution in [0.5, 0.6) is 0 Å². The molecule has 1 nitrogen and oxygen atoms in total. The summed E-state index contributed by atoms with van der Waals surface area (Å²) in [6, 6.07) is 5.91. The van der Waals surface area contributed by atoms with E-state index in [-0.39, 0.29) is 0 Å². The van der Waals surface area contributed by atoms with Crippen molar-refractivity contribution in [2.24, 2.45) is 0 Å². The zero-order valence-electron chi connectivity index (χ0n) is 8.50. The van der Waals surface area contributed by atoms with Crippen LogP contribution in [-0.2, 0) is 0 Å². The van der Waals surface area contributed by atoms with Crippen LogP contribution in [0.25, 0.3) is 0 Å². The smallest absolute Gasteiger partial charge is 0.150 e. The number of aryl methyl sites for hydroxylation is 1. The van der Waals surface area contributed by atoms with Crippen LogP contribution < -0.4 is 0 Å². The summed E-state index contributed by atoms with van der Waals surface area (Å²) in [7, 11) is 0. The van der Waals surface area contributed by atoms with E-state index >= 15 is 0 Å². The van der Waals surface area contributed by atoms with E-state index in [9.17, 15) is 4.79 Å². The summed E-state index contributed by atoms with van der Waals surface area (Å²) in [6.07, 6.45) is 2.04. The molecular formula is C12H16O. The molecule has 0 aromatic heterocycles. The highest BCUT2D eigenvalue weighted by Gasteiger charge is 2.05. The van der Waals surface area contributed by atoms with Crippen molar-refractivity contribution in [1.29, 1.82) is 0 Å². The molecule has 0 aliphatic carbocycles. The molecule has 0 bridgehead atoms. The van der Waals surface area contributed by atoms with Crippen molar-refractivity contribution in [3.8, 4) is 0 Å². The van der Waals surface area contributed by atoms with Crippen LogP contribution in [0, 0.1) is 6.92 Å². The Morgan fingerprint density at radius 3 is 2.62 bits per heavy atom. The van der Waals surface area contributed by atoms with Crippen molar-refractivity contribution >= 4 is 6.29 Å². The average Bonchev–Trinajstić information content (AvgIpc) is 2.16. The first-order valence-corrected chi connectivity index (χ1v) is 4.74. The first kappa shape index (κ1) is 9.97. The Morgan fingerprint density at radius 2 is 2.15 bits per heavy atom. The zero-order chi connectivity index (χ0) is 9.84. The zero-order valence-corrected chi connectivity index (χ0v) is 8.50. The quantitative estimate of drug-likeness (QED) is 0.646. The molecule has 1 aromatic carbocycles. The summed E-state index contributed by atoms with van der Waals surface area (Å²) in [6.45, 7) is 6.45. The third kappa shape index (κ3) is 2.18. The van der Waals surface area contributed by atoms with Gasteiger partial charge in [0.2, 0.25) is 0 Å². The van der Waals surface area contributed by atoms with Gasteiger partial charge in [-0.15, -0.1) is 0 Å². The standard InChI is InChI=1S/C12H16O/c1-4-9(2)12-6-5-11(8-13)7-10(12)3/h5-9H,4H2,1-3H3. The van der Waals surface area contributed by atoms with E-state index in [0.29, 0.717) is 5.92 Å². The van der Waals surface area contributed by atoms with E-state index in [1.807, 2.05) is 12.1 Å². The molecule has 1 aromatic rings. The minimum absolute atomic E-state index is 0.584. The predicted octanol–water partition coefficient (Wildman–Crippen LogP) is 3.32. The summed E-state index contributed by atoms with van der Waals surface area (Å²) in [4.78, 5) is 10.5. The Hall–Kier alpha value is -1.11. The molecule has 0 spiro atoms. The van der Waals surface area contributed by atoms with Gasteiger partial charge in [0.15, 0.2) is 0 Å². The maximum Gasteiger partial charge on any atom is 0.150 e. The number of carbonyl (C=O) groups excluding carboxylic acids is 1. The van der Waals surface area contributed by atoms with Gasteiger partial charge < -0.3 is 0 Å². The minimum atomic E-state index is 0.584. The lowest BCUT2D eigenvalue weighted by molar-refractivity contribution is 0.112. The highest BCUT2D eigenvalue weighted by atomic mass is 16.1. The Balaban J connectivity index is 3.04. The summed E-state index contributed by atoms with van der Waals surface area (Å²) in [5.41, 5.74) is 3.34. The van der Waals surface area contributed by atoms with E-state index < -0.39 is 0 Å². The van der Waals surface area contributed by atoms with Crippen molar-refractivity contribution in [2.75, 3.05) is 0 Å². The summed E-state index contributed by atoms with van der Waals surface area (Å²) in [5, 5.41) is 0. The lowest BCUT2D eigenvalue weighted by atomic mass is 9.93. The van der Waals surface area contributed by atoms with E-state index in [1.165, 1.54) is 11.1 Å². The van der Waals surface area contributed by atoms with Crippen LogP contribution >= 0.6 is 0 Å². The van der Waals surface area contributed by atoms with Crippen LogP contribution in [0.15, 0.2) is 18.2 Å². The molecule has 0 radical (unpaired) electrons. The largest absolute Gasteiger partial charge is 0.298 e. The van der Waals surface area contributed by atoms with Gasteiger partial charge in [-0.3, -0.25) is 4.79 Å². The van der Waals surface area contributed by atoms with Crippen LogP contribution in [-0.4, -0.2) is 6.29 Å². The number of rotatable bonds is 3. The van der Waals surface area contributed by atoms with Gasteiger partial charge in [-0.2, -0.15) is 0 Å². The third-order valence-electron chi connectivity index (χ3n) is 2.57. The minimum Gasteiger partial charge on any atom is -0.298 e. The monoisotopic (exact) mass is 176 g/mol. The maximum absolute atomic E-state index is 10.5. The molecule has 0 aliphatic rings. The molecule has 1 rings (SSSR count). The van der Waals surface area contributed by atoms with E-state index in [2.05, 4.69) is 26.8 Å². The molecule has 0 heterocycles. The van der Waals surface area contributed by atoms with Gasteiger partial charge in [-0.1, -0.05) is 26.0 Å². The van der Waals surface area contributed by atoms with Crippen molar-refractivity contribution in [3.05, 3.63) is 34.9 Å². The normalized spacial score (nSPS) is 12.5. The van der Waals surface area contributed by atoms with Crippen LogP contribution in [0.4, 0.5) is 0 Å². The second kappa shape index (κ2) is 4.22. The first-order valence-electron chi connectivity index (χ1n) is 4.74. The SMILES string of the molecule is CCC(C)c1ccc(C=O)cc1C. The topological polar surface area (TPSA) is 17.1 Å². The molecule has 0 aliphatic heterocycles. The Labute approximate surface area is 79.8 Å². The molecule has 0 saturated heterocycles. The van der Waals surface area contributed by atoms with Gasteiger partial charge >= 0.3 is 0 Å². The molecule has 0 fully saturated rings. The van der Waals surface area contributed by atoms with Gasteiger partial charge in [0.1, 0.15) is 6.29 Å². The number of carbonyl (C=O) groups is 1. The summed E-state index contributed by atoms with van der Waals surface area (Å²) in [5.74, 6) is 0.584. The van der Waals surface area contributed by atoms with Crippen molar-refractivity contribution < 1.29 is 4.79 Å². The molecule has 13 heavy (non-hydrogen) atoms. The predicted molar refractivity (Wildman–Crippen MR) is 55.3 cm³/mol. The lowest BCUT2D eigenvalue weighted by Crippen LogP contribution is -1.95. The second-order valence-corrected chi connectivity index (χ2v) is 3.54. The first-order chi connectivity index (χ1) is 6.19. The Morgan fingerprint density at radius 1 is 1.46 bits per heavy atom. The molecular weight excluding hydrogens is 160 g/mol. The van der Waals surface area contributed by atoms with E-state index in [0.717, 1.165) is 18.3 Å². The van der Waals surface area contributed by atoms with E-state index in [4.69, 9.17) is 0 Å². The molecule has 0 amide bonds. The van der Waals surface area contributed by atoms with Crippen LogP contribution in [0.2, 0.25) is 0 Å². The number of hydrogen-bond donors (Lipinski definition) is 0. The average molecular weight is 176 g/mol. The van der Waals surface area contributed by atoms with Crippen molar-refractivity contribution in [3.63, 3.8) is 0 Å². The van der Waals surface area contributed by atoms with Gasteiger partial charge in [0, 0.05) is 5.56 Å². The number of hydrogen-bond acceptors (Lipinski definition) is 1. The molecule has 1 unspecified atom stereocenters. The molecule has 1 heteroatoms. The summed E-state index contributed by atoms with van der Waals surface area (Å²) < 4.78 is 0. The fourth-order valence-corrected chi connectivity index (χ4v) is 1.55. The molecule has 70 valence electrons. The summed E-state index contributed by atoms with van der Waals surface area (Å²) >= 11 is 0. The highest BCUT2D eigenvalue weighted by molar-refractivity contribution is 5.75.